The third-order valence-electron chi connectivity index (χ3n) is 9.40. The quantitative estimate of drug-likeness (QED) is 0.512. The minimum atomic E-state index is -0.623. The van der Waals surface area contributed by atoms with E-state index in [0.29, 0.717) is 31.1 Å². The first-order valence-corrected chi connectivity index (χ1v) is 14.1. The Hall–Kier alpha value is -3.98. The molecule has 1 spiro atoms. The second-order valence-electron chi connectivity index (χ2n) is 11.8. The second-order valence-corrected chi connectivity index (χ2v) is 11.8. The summed E-state index contributed by atoms with van der Waals surface area (Å²) < 4.78 is 8.22. The van der Waals surface area contributed by atoms with E-state index in [1.165, 1.54) is 16.7 Å². The molecule has 5 heterocycles. The third-order valence-corrected chi connectivity index (χ3v) is 9.40. The predicted molar refractivity (Wildman–Crippen MR) is 147 cm³/mol. The van der Waals surface area contributed by atoms with Gasteiger partial charge < -0.3 is 9.64 Å². The van der Waals surface area contributed by atoms with Gasteiger partial charge in [0.05, 0.1) is 19.3 Å². The molecule has 2 fully saturated rings. The van der Waals surface area contributed by atoms with Crippen LogP contribution in [-0.4, -0.2) is 63.0 Å². The molecule has 0 saturated carbocycles. The Morgan fingerprint density at radius 1 is 1.15 bits per heavy atom. The Morgan fingerprint density at radius 3 is 2.80 bits per heavy atom. The van der Waals surface area contributed by atoms with Gasteiger partial charge in [-0.05, 0) is 48.6 Å². The minimum absolute atomic E-state index is 0.0937. The van der Waals surface area contributed by atoms with Crippen molar-refractivity contribution < 1.29 is 19.1 Å². The molecule has 0 bridgehead atoms. The number of fused-ring (bicyclic) bond motifs is 4. The number of hydrogen-bond donors (Lipinski definition) is 1. The maximum atomic E-state index is 13.3. The number of carbonyl (C=O) groups excluding carboxylic acids is 3. The van der Waals surface area contributed by atoms with Crippen molar-refractivity contribution in [2.75, 3.05) is 19.7 Å². The fourth-order valence-electron chi connectivity index (χ4n) is 7.14. The van der Waals surface area contributed by atoms with Gasteiger partial charge in [0.2, 0.25) is 11.8 Å². The summed E-state index contributed by atoms with van der Waals surface area (Å²) in [4.78, 5) is 41.5. The van der Waals surface area contributed by atoms with Crippen LogP contribution in [0.5, 0.6) is 5.75 Å². The van der Waals surface area contributed by atoms with Gasteiger partial charge >= 0.3 is 0 Å². The zero-order valence-electron chi connectivity index (χ0n) is 22.9. The molecule has 3 amide bonds. The molecule has 0 aliphatic carbocycles. The largest absolute Gasteiger partial charge is 0.492 e. The molecule has 1 N–H and O–H groups in total. The van der Waals surface area contributed by atoms with Crippen LogP contribution in [-0.2, 0) is 35.1 Å². The van der Waals surface area contributed by atoms with E-state index in [1.807, 2.05) is 30.2 Å². The SMILES string of the molecule is CC1CN(Cc2cccc(-c3cnn(C)c3)c2)CCC12COc1c2ccc2c1CN(C1CCC(=O)NC1=O)C2=O. The predicted octanol–water partition coefficient (Wildman–Crippen LogP) is 3.02. The van der Waals surface area contributed by atoms with E-state index in [1.54, 1.807) is 4.90 Å². The minimum Gasteiger partial charge on any atom is -0.492 e. The van der Waals surface area contributed by atoms with Gasteiger partial charge in [0.1, 0.15) is 11.8 Å². The smallest absolute Gasteiger partial charge is 0.255 e. The van der Waals surface area contributed by atoms with Crippen LogP contribution in [0.2, 0.25) is 0 Å². The van der Waals surface area contributed by atoms with E-state index in [9.17, 15) is 14.4 Å². The molecule has 9 nitrogen and oxygen atoms in total. The van der Waals surface area contributed by atoms with Crippen LogP contribution < -0.4 is 10.1 Å². The highest BCUT2D eigenvalue weighted by molar-refractivity contribution is 6.05. The lowest BCUT2D eigenvalue weighted by Gasteiger charge is -2.44. The third kappa shape index (κ3) is 3.94. The molecule has 2 aromatic carbocycles. The zero-order valence-corrected chi connectivity index (χ0v) is 22.9. The van der Waals surface area contributed by atoms with Crippen molar-refractivity contribution in [3.8, 4) is 16.9 Å². The van der Waals surface area contributed by atoms with Crippen LogP contribution in [0.3, 0.4) is 0 Å². The molecule has 7 rings (SSSR count). The van der Waals surface area contributed by atoms with Crippen molar-refractivity contribution in [2.45, 2.75) is 50.7 Å². The van der Waals surface area contributed by atoms with E-state index in [2.05, 4.69) is 52.6 Å². The van der Waals surface area contributed by atoms with Crippen LogP contribution in [0, 0.1) is 5.92 Å². The van der Waals surface area contributed by atoms with Gasteiger partial charge in [-0.1, -0.05) is 31.2 Å². The number of imide groups is 1. The highest BCUT2D eigenvalue weighted by Crippen LogP contribution is 2.51. The summed E-state index contributed by atoms with van der Waals surface area (Å²) in [7, 11) is 1.93. The van der Waals surface area contributed by atoms with E-state index < -0.39 is 11.9 Å². The summed E-state index contributed by atoms with van der Waals surface area (Å²) in [6.45, 7) is 6.07. The highest BCUT2D eigenvalue weighted by Gasteiger charge is 2.50. The second kappa shape index (κ2) is 9.30. The van der Waals surface area contributed by atoms with Gasteiger partial charge in [0.15, 0.2) is 0 Å². The number of aromatic nitrogens is 2. The molecule has 40 heavy (non-hydrogen) atoms. The summed E-state index contributed by atoms with van der Waals surface area (Å²) in [6, 6.07) is 12.1. The molecule has 1 aromatic heterocycles. The van der Waals surface area contributed by atoms with E-state index in [-0.39, 0.29) is 23.7 Å². The van der Waals surface area contributed by atoms with Crippen molar-refractivity contribution in [2.24, 2.45) is 13.0 Å². The van der Waals surface area contributed by atoms with Gasteiger partial charge in [-0.15, -0.1) is 0 Å². The number of hydrogen-bond acceptors (Lipinski definition) is 6. The van der Waals surface area contributed by atoms with Gasteiger partial charge in [-0.25, -0.2) is 0 Å². The fourth-order valence-corrected chi connectivity index (χ4v) is 7.14. The lowest BCUT2D eigenvalue weighted by molar-refractivity contribution is -0.136. The molecule has 3 unspecified atom stereocenters. The van der Waals surface area contributed by atoms with Crippen molar-refractivity contribution >= 4 is 17.7 Å². The number of piperidine rings is 2. The van der Waals surface area contributed by atoms with Crippen LogP contribution in [0.4, 0.5) is 0 Å². The van der Waals surface area contributed by atoms with Crippen molar-refractivity contribution in [3.63, 3.8) is 0 Å². The molecule has 4 aliphatic rings. The van der Waals surface area contributed by atoms with Crippen LogP contribution in [0.25, 0.3) is 11.1 Å². The Balaban J connectivity index is 1.08. The summed E-state index contributed by atoms with van der Waals surface area (Å²) in [5.74, 6) is 0.361. The van der Waals surface area contributed by atoms with E-state index in [4.69, 9.17) is 4.74 Å². The first-order chi connectivity index (χ1) is 19.3. The van der Waals surface area contributed by atoms with Crippen molar-refractivity contribution in [3.05, 3.63) is 71.0 Å². The maximum Gasteiger partial charge on any atom is 0.255 e. The van der Waals surface area contributed by atoms with Crippen LogP contribution >= 0.6 is 0 Å². The molecule has 0 radical (unpaired) electrons. The summed E-state index contributed by atoms with van der Waals surface area (Å²) in [6.07, 6.45) is 5.52. The van der Waals surface area contributed by atoms with Crippen LogP contribution in [0.1, 0.15) is 53.2 Å². The Labute approximate surface area is 233 Å². The first kappa shape index (κ1) is 25.0. The summed E-state index contributed by atoms with van der Waals surface area (Å²) in [5.41, 5.74) is 6.18. The zero-order chi connectivity index (χ0) is 27.6. The topological polar surface area (TPSA) is 96.8 Å². The average Bonchev–Trinajstić information content (AvgIpc) is 3.63. The number of ether oxygens (including phenoxy) is 1. The molecule has 206 valence electrons. The Bertz CT molecular complexity index is 1550. The number of carbonyl (C=O) groups is 3. The van der Waals surface area contributed by atoms with Gasteiger partial charge in [-0.2, -0.15) is 5.10 Å². The number of aryl methyl sites for hydroxylation is 1. The Kier molecular flexibility index (Phi) is 5.82. The Morgan fingerprint density at radius 2 is 2.02 bits per heavy atom. The molecular weight excluding hydrogens is 506 g/mol. The average molecular weight is 540 g/mol. The normalized spacial score (nSPS) is 26.1. The van der Waals surface area contributed by atoms with Crippen LogP contribution in [0.15, 0.2) is 48.8 Å². The highest BCUT2D eigenvalue weighted by atomic mass is 16.5. The maximum absolute atomic E-state index is 13.3. The molecule has 9 heteroatoms. The number of benzene rings is 2. The molecule has 3 aromatic rings. The standard InChI is InChI=1S/C31H33N5O4/c1-19-14-35(15-20-4-3-5-21(12-20)22-13-32-34(2)16-22)11-10-31(19)18-40-28-24-17-36(26-8-9-27(37)33-29(26)38)30(39)23(24)6-7-25(28)31/h3-7,12-13,16,19,26H,8-11,14-15,17-18H2,1-2H3,(H,33,37,38). The van der Waals surface area contributed by atoms with Crippen molar-refractivity contribution in [1.29, 1.82) is 0 Å². The van der Waals surface area contributed by atoms with Crippen molar-refractivity contribution in [1.82, 2.24) is 24.9 Å². The lowest BCUT2D eigenvalue weighted by atomic mass is 9.67. The summed E-state index contributed by atoms with van der Waals surface area (Å²) >= 11 is 0. The fraction of sp³-hybridized carbons (Fsp3) is 0.419. The number of amides is 3. The summed E-state index contributed by atoms with van der Waals surface area (Å²) in [5, 5.41) is 6.69. The van der Waals surface area contributed by atoms with Gasteiger partial charge in [0, 0.05) is 60.4 Å². The monoisotopic (exact) mass is 539 g/mol. The first-order valence-electron chi connectivity index (χ1n) is 14.1. The van der Waals surface area contributed by atoms with Gasteiger partial charge in [-0.3, -0.25) is 29.3 Å². The van der Waals surface area contributed by atoms with E-state index in [0.717, 1.165) is 42.9 Å². The molecule has 3 atom stereocenters. The van der Waals surface area contributed by atoms with Gasteiger partial charge in [0.25, 0.3) is 5.91 Å². The van der Waals surface area contributed by atoms with E-state index >= 15 is 0 Å². The number of nitrogens with one attached hydrogen (secondary N) is 1. The number of likely N-dealkylation sites (tertiary alicyclic amines) is 1. The number of nitrogens with zero attached hydrogens (tertiary/aromatic N) is 4. The molecule has 2 saturated heterocycles. The number of rotatable bonds is 4. The molecular formula is C31H33N5O4. The molecule has 4 aliphatic heterocycles. The lowest BCUT2D eigenvalue weighted by Crippen LogP contribution is -2.52.